The van der Waals surface area contributed by atoms with Crippen molar-refractivity contribution in [1.82, 2.24) is 9.99 Å². The second-order valence-corrected chi connectivity index (χ2v) is 6.75. The van der Waals surface area contributed by atoms with E-state index in [1.165, 1.54) is 0 Å². The molecule has 1 aromatic heterocycles. The third-order valence-corrected chi connectivity index (χ3v) is 5.06. The van der Waals surface area contributed by atoms with E-state index >= 15 is 0 Å². The lowest BCUT2D eigenvalue weighted by Gasteiger charge is -2.08. The highest BCUT2D eigenvalue weighted by Gasteiger charge is 2.09. The Bertz CT molecular complexity index is 1180. The molecule has 0 bridgehead atoms. The zero-order valence-electron chi connectivity index (χ0n) is 15.9. The molecule has 0 atom stereocenters. The Labute approximate surface area is 163 Å². The normalized spacial score (nSPS) is 11.4. The zero-order chi connectivity index (χ0) is 19.5. The number of carbonyl (C=O) groups excluding carboxylic acids is 1. The SMILES string of the molecule is Cc1c(/C=N/NC(=O)CNc2cccc3ccccc23)c2ccccc2n1C. The first-order chi connectivity index (χ1) is 13.6. The lowest BCUT2D eigenvalue weighted by molar-refractivity contribution is -0.119. The van der Waals surface area contributed by atoms with Crippen molar-refractivity contribution in [3.05, 3.63) is 78.0 Å². The van der Waals surface area contributed by atoms with Gasteiger partial charge in [0.25, 0.3) is 5.91 Å². The Morgan fingerprint density at radius 3 is 2.57 bits per heavy atom. The second-order valence-electron chi connectivity index (χ2n) is 6.75. The number of benzene rings is 3. The van der Waals surface area contributed by atoms with Gasteiger partial charge in [0.05, 0.1) is 12.8 Å². The molecular formula is C23H22N4O. The minimum absolute atomic E-state index is 0.153. The summed E-state index contributed by atoms with van der Waals surface area (Å²) in [6.07, 6.45) is 1.72. The maximum Gasteiger partial charge on any atom is 0.259 e. The van der Waals surface area contributed by atoms with Crippen molar-refractivity contribution in [1.29, 1.82) is 0 Å². The van der Waals surface area contributed by atoms with Crippen LogP contribution < -0.4 is 10.7 Å². The Morgan fingerprint density at radius 2 is 1.71 bits per heavy atom. The van der Waals surface area contributed by atoms with Gasteiger partial charge in [-0.15, -0.1) is 0 Å². The fourth-order valence-electron chi connectivity index (χ4n) is 3.48. The largest absolute Gasteiger partial charge is 0.376 e. The van der Waals surface area contributed by atoms with Crippen molar-refractivity contribution < 1.29 is 4.79 Å². The van der Waals surface area contributed by atoms with E-state index in [0.29, 0.717) is 0 Å². The van der Waals surface area contributed by atoms with E-state index in [2.05, 4.69) is 44.7 Å². The van der Waals surface area contributed by atoms with E-state index in [4.69, 9.17) is 0 Å². The highest BCUT2D eigenvalue weighted by Crippen LogP contribution is 2.23. The molecule has 3 aromatic carbocycles. The summed E-state index contributed by atoms with van der Waals surface area (Å²) in [4.78, 5) is 12.2. The molecule has 0 aliphatic heterocycles. The van der Waals surface area contributed by atoms with E-state index in [0.717, 1.165) is 38.6 Å². The molecule has 0 spiro atoms. The third kappa shape index (κ3) is 3.34. The van der Waals surface area contributed by atoms with Crippen LogP contribution in [-0.2, 0) is 11.8 Å². The number of hydrogen-bond donors (Lipinski definition) is 2. The molecule has 4 aromatic rings. The van der Waals surface area contributed by atoms with Crippen LogP contribution in [0, 0.1) is 6.92 Å². The molecule has 5 nitrogen and oxygen atoms in total. The number of aryl methyl sites for hydroxylation is 1. The van der Waals surface area contributed by atoms with Crippen LogP contribution >= 0.6 is 0 Å². The summed E-state index contributed by atoms with van der Waals surface area (Å²) in [7, 11) is 2.03. The van der Waals surface area contributed by atoms with Crippen molar-refractivity contribution in [3.63, 3.8) is 0 Å². The Balaban J connectivity index is 1.43. The standard InChI is InChI=1S/C23H22N4O/c1-16-20(19-11-5-6-13-22(19)27(16)2)14-25-26-23(28)15-24-21-12-7-9-17-8-3-4-10-18(17)21/h3-14,24H,15H2,1-2H3,(H,26,28)/b25-14+. The van der Waals surface area contributed by atoms with Crippen LogP contribution in [0.2, 0.25) is 0 Å². The molecule has 28 heavy (non-hydrogen) atoms. The van der Waals surface area contributed by atoms with Crippen LogP contribution in [0.5, 0.6) is 0 Å². The molecule has 140 valence electrons. The van der Waals surface area contributed by atoms with Gasteiger partial charge in [-0.05, 0) is 24.4 Å². The van der Waals surface area contributed by atoms with Crippen LogP contribution in [-0.4, -0.2) is 23.2 Å². The summed E-state index contributed by atoms with van der Waals surface area (Å²) < 4.78 is 2.13. The van der Waals surface area contributed by atoms with Crippen molar-refractivity contribution in [2.75, 3.05) is 11.9 Å². The number of amides is 1. The van der Waals surface area contributed by atoms with Crippen LogP contribution in [0.3, 0.4) is 0 Å². The molecule has 0 aliphatic rings. The number of nitrogens with zero attached hydrogens (tertiary/aromatic N) is 2. The van der Waals surface area contributed by atoms with Gasteiger partial charge in [0, 0.05) is 40.3 Å². The first-order valence-electron chi connectivity index (χ1n) is 9.22. The number of anilines is 1. The molecular weight excluding hydrogens is 348 g/mol. The smallest absolute Gasteiger partial charge is 0.259 e. The van der Waals surface area contributed by atoms with E-state index in [1.54, 1.807) is 6.21 Å². The summed E-state index contributed by atoms with van der Waals surface area (Å²) >= 11 is 0. The molecule has 5 heteroatoms. The summed E-state index contributed by atoms with van der Waals surface area (Å²) in [5.74, 6) is -0.193. The third-order valence-electron chi connectivity index (χ3n) is 5.06. The fraction of sp³-hybridized carbons (Fsp3) is 0.130. The molecule has 4 rings (SSSR count). The van der Waals surface area contributed by atoms with Crippen LogP contribution in [0.25, 0.3) is 21.7 Å². The molecule has 0 saturated carbocycles. The molecule has 1 heterocycles. The Hall–Kier alpha value is -3.60. The molecule has 0 unspecified atom stereocenters. The number of carbonyl (C=O) groups is 1. The van der Waals surface area contributed by atoms with E-state index < -0.39 is 0 Å². The monoisotopic (exact) mass is 370 g/mol. The van der Waals surface area contributed by atoms with Crippen LogP contribution in [0.4, 0.5) is 5.69 Å². The number of para-hydroxylation sites is 1. The van der Waals surface area contributed by atoms with Gasteiger partial charge in [-0.3, -0.25) is 4.79 Å². The van der Waals surface area contributed by atoms with Crippen LogP contribution in [0.15, 0.2) is 71.8 Å². The minimum Gasteiger partial charge on any atom is -0.376 e. The van der Waals surface area contributed by atoms with Crippen LogP contribution in [0.1, 0.15) is 11.3 Å². The van der Waals surface area contributed by atoms with E-state index in [1.807, 2.05) is 56.4 Å². The van der Waals surface area contributed by atoms with Gasteiger partial charge in [0.2, 0.25) is 0 Å². The molecule has 0 fully saturated rings. The molecule has 2 N–H and O–H groups in total. The van der Waals surface area contributed by atoms with Gasteiger partial charge in [-0.1, -0.05) is 54.6 Å². The number of nitrogens with one attached hydrogen (secondary N) is 2. The first kappa shape index (κ1) is 17.8. The van der Waals surface area contributed by atoms with Gasteiger partial charge in [-0.25, -0.2) is 5.43 Å². The Kier molecular flexibility index (Phi) is 4.81. The topological polar surface area (TPSA) is 58.4 Å². The average molecular weight is 370 g/mol. The predicted octanol–water partition coefficient (Wildman–Crippen LogP) is 4.20. The van der Waals surface area contributed by atoms with Crippen molar-refractivity contribution in [3.8, 4) is 0 Å². The zero-order valence-corrected chi connectivity index (χ0v) is 15.9. The number of hydrazone groups is 1. The van der Waals surface area contributed by atoms with E-state index in [-0.39, 0.29) is 12.5 Å². The van der Waals surface area contributed by atoms with Crippen molar-refractivity contribution >= 4 is 39.5 Å². The highest BCUT2D eigenvalue weighted by molar-refractivity contribution is 6.01. The summed E-state index contributed by atoms with van der Waals surface area (Å²) in [6.45, 7) is 2.20. The molecule has 0 radical (unpaired) electrons. The number of rotatable bonds is 5. The lowest BCUT2D eigenvalue weighted by Crippen LogP contribution is -2.26. The maximum absolute atomic E-state index is 12.2. The van der Waals surface area contributed by atoms with Crippen molar-refractivity contribution in [2.45, 2.75) is 6.92 Å². The maximum atomic E-state index is 12.2. The highest BCUT2D eigenvalue weighted by atomic mass is 16.2. The van der Waals surface area contributed by atoms with Gasteiger partial charge in [0.1, 0.15) is 0 Å². The summed E-state index contributed by atoms with van der Waals surface area (Å²) in [5, 5.41) is 10.7. The molecule has 0 aliphatic carbocycles. The molecule has 1 amide bonds. The number of hydrogen-bond acceptors (Lipinski definition) is 3. The first-order valence-corrected chi connectivity index (χ1v) is 9.22. The summed E-state index contributed by atoms with van der Waals surface area (Å²) in [6, 6.07) is 22.2. The van der Waals surface area contributed by atoms with Crippen molar-refractivity contribution in [2.24, 2.45) is 12.1 Å². The van der Waals surface area contributed by atoms with E-state index in [9.17, 15) is 4.79 Å². The van der Waals surface area contributed by atoms with Gasteiger partial charge in [0.15, 0.2) is 0 Å². The molecule has 0 saturated heterocycles. The predicted molar refractivity (Wildman–Crippen MR) is 116 cm³/mol. The number of fused-ring (bicyclic) bond motifs is 2. The van der Waals surface area contributed by atoms with Gasteiger partial charge in [-0.2, -0.15) is 5.10 Å². The van der Waals surface area contributed by atoms with Gasteiger partial charge >= 0.3 is 0 Å². The Morgan fingerprint density at radius 1 is 1.00 bits per heavy atom. The average Bonchev–Trinajstić information content (AvgIpc) is 2.97. The lowest BCUT2D eigenvalue weighted by atomic mass is 10.1. The fourth-order valence-corrected chi connectivity index (χ4v) is 3.48. The number of aromatic nitrogens is 1. The summed E-state index contributed by atoms with van der Waals surface area (Å²) in [5.41, 5.74) is 6.80. The second kappa shape index (κ2) is 7.56. The van der Waals surface area contributed by atoms with Gasteiger partial charge < -0.3 is 9.88 Å². The quantitative estimate of drug-likeness (QED) is 0.409. The minimum atomic E-state index is -0.193.